The molecule has 2 aromatic rings. The largest absolute Gasteiger partial charge is 0.416 e. The molecule has 0 saturated heterocycles. The smallest absolute Gasteiger partial charge is 0.312 e. The molecule has 1 unspecified atom stereocenters. The molecule has 176 valence electrons. The number of carbonyl (C=O) groups excluding carboxylic acids is 2. The van der Waals surface area contributed by atoms with Crippen LogP contribution in [-0.4, -0.2) is 26.8 Å². The van der Waals surface area contributed by atoms with Gasteiger partial charge in [-0.05, 0) is 49.2 Å². The van der Waals surface area contributed by atoms with Gasteiger partial charge >= 0.3 is 6.18 Å². The van der Waals surface area contributed by atoms with E-state index in [4.69, 9.17) is 0 Å². The first kappa shape index (κ1) is 25.9. The molecule has 33 heavy (non-hydrogen) atoms. The minimum absolute atomic E-state index is 0.0474. The molecule has 0 fully saturated rings. The average molecular weight is 481 g/mol. The van der Waals surface area contributed by atoms with Crippen LogP contribution in [0, 0.1) is 5.92 Å². The highest BCUT2D eigenvalue weighted by molar-refractivity contribution is 7.93. The highest BCUT2D eigenvalue weighted by Gasteiger charge is 2.33. The lowest BCUT2D eigenvalue weighted by atomic mass is 10.0. The second-order valence-electron chi connectivity index (χ2n) is 6.93. The Balaban J connectivity index is 2.22. The third-order valence-electron chi connectivity index (χ3n) is 4.59. The number of alkyl halides is 3. The van der Waals surface area contributed by atoms with E-state index in [-0.39, 0.29) is 18.7 Å². The van der Waals surface area contributed by atoms with Crippen molar-refractivity contribution in [3.63, 3.8) is 0 Å². The highest BCUT2D eigenvalue weighted by atomic mass is 32.2. The molecular formula is C23H23F3N2O4S. The van der Waals surface area contributed by atoms with Crippen molar-refractivity contribution in [2.45, 2.75) is 19.5 Å². The first-order chi connectivity index (χ1) is 15.5. The molecule has 6 nitrogen and oxygen atoms in total. The van der Waals surface area contributed by atoms with Gasteiger partial charge in [-0.3, -0.25) is 9.59 Å². The van der Waals surface area contributed by atoms with E-state index in [9.17, 15) is 31.2 Å². The van der Waals surface area contributed by atoms with Crippen LogP contribution in [0.1, 0.15) is 24.5 Å². The maximum Gasteiger partial charge on any atom is 0.416 e. The molecule has 0 aliphatic rings. The monoisotopic (exact) mass is 480 g/mol. The molecule has 10 heteroatoms. The Bertz CT molecular complexity index is 1110. The Labute approximate surface area is 190 Å². The van der Waals surface area contributed by atoms with E-state index in [0.29, 0.717) is 5.56 Å². The van der Waals surface area contributed by atoms with Gasteiger partial charge in [-0.25, -0.2) is 13.1 Å². The summed E-state index contributed by atoms with van der Waals surface area (Å²) in [7, 11) is -4.21. The summed E-state index contributed by atoms with van der Waals surface area (Å²) in [6, 6.07) is 12.4. The van der Waals surface area contributed by atoms with E-state index in [1.807, 2.05) is 4.72 Å². The topological polar surface area (TPSA) is 83.5 Å². The van der Waals surface area contributed by atoms with Crippen LogP contribution in [0.5, 0.6) is 0 Å². The number of allylic oxidation sites excluding steroid dienone is 1. The van der Waals surface area contributed by atoms with Crippen molar-refractivity contribution in [1.82, 2.24) is 4.72 Å². The maximum atomic E-state index is 13.0. The Morgan fingerprint density at radius 3 is 2.21 bits per heavy atom. The van der Waals surface area contributed by atoms with Crippen LogP contribution in [0.4, 0.5) is 18.9 Å². The number of nitrogens with one attached hydrogen (secondary N) is 1. The second-order valence-corrected chi connectivity index (χ2v) is 8.50. The van der Waals surface area contributed by atoms with Crippen molar-refractivity contribution in [2.24, 2.45) is 5.92 Å². The van der Waals surface area contributed by atoms with Crippen molar-refractivity contribution >= 4 is 33.6 Å². The van der Waals surface area contributed by atoms with Crippen molar-refractivity contribution in [2.75, 3.05) is 11.4 Å². The molecular weight excluding hydrogens is 457 g/mol. The van der Waals surface area contributed by atoms with Gasteiger partial charge in [-0.15, -0.1) is 6.58 Å². The summed E-state index contributed by atoms with van der Waals surface area (Å²) < 4.78 is 64.9. The van der Waals surface area contributed by atoms with Crippen molar-refractivity contribution in [3.05, 3.63) is 83.8 Å². The first-order valence-electron chi connectivity index (χ1n) is 9.88. The number of rotatable bonds is 9. The van der Waals surface area contributed by atoms with Crippen LogP contribution in [0.3, 0.4) is 0 Å². The van der Waals surface area contributed by atoms with Gasteiger partial charge in [-0.2, -0.15) is 13.2 Å². The summed E-state index contributed by atoms with van der Waals surface area (Å²) in [5.74, 6) is -3.27. The third kappa shape index (κ3) is 7.31. The number of halogens is 3. The third-order valence-corrected chi connectivity index (χ3v) is 5.57. The van der Waals surface area contributed by atoms with Crippen molar-refractivity contribution in [3.8, 4) is 0 Å². The quantitative estimate of drug-likeness (QED) is 0.427. The molecule has 0 radical (unpaired) electrons. The van der Waals surface area contributed by atoms with Gasteiger partial charge in [0.15, 0.2) is 0 Å². The highest BCUT2D eigenvalue weighted by Crippen LogP contribution is 2.31. The molecule has 1 N–H and O–H groups in total. The predicted octanol–water partition coefficient (Wildman–Crippen LogP) is 4.37. The molecule has 2 rings (SSSR count). The van der Waals surface area contributed by atoms with E-state index in [1.54, 1.807) is 37.3 Å². The Morgan fingerprint density at radius 1 is 1.09 bits per heavy atom. The summed E-state index contributed by atoms with van der Waals surface area (Å²) >= 11 is 0. The van der Waals surface area contributed by atoms with Gasteiger partial charge in [0.1, 0.15) is 5.92 Å². The van der Waals surface area contributed by atoms with Gasteiger partial charge in [0.2, 0.25) is 11.8 Å². The standard InChI is InChI=1S/C23H23F3N2O4S/c1-3-8-20(21(29)27-33(31,32)16-15-17-9-6-5-7-10-17)22(30)28(4-2)19-13-11-18(12-14-19)23(24,25)26/h3,5-7,9-16,20H,1,4,8H2,2H3,(H,27,29). The Morgan fingerprint density at radius 2 is 1.70 bits per heavy atom. The number of hydrogen-bond acceptors (Lipinski definition) is 4. The van der Waals surface area contributed by atoms with Crippen LogP contribution in [0.15, 0.2) is 72.7 Å². The molecule has 0 spiro atoms. The number of anilines is 1. The zero-order valence-corrected chi connectivity index (χ0v) is 18.6. The molecule has 0 aromatic heterocycles. The van der Waals surface area contributed by atoms with Crippen LogP contribution < -0.4 is 9.62 Å². The van der Waals surface area contributed by atoms with E-state index in [2.05, 4.69) is 6.58 Å². The minimum atomic E-state index is -4.54. The predicted molar refractivity (Wildman–Crippen MR) is 120 cm³/mol. The average Bonchev–Trinajstić information content (AvgIpc) is 2.76. The van der Waals surface area contributed by atoms with Crippen molar-refractivity contribution < 1.29 is 31.2 Å². The SMILES string of the molecule is C=CCC(C(=O)NS(=O)(=O)C=Cc1ccccc1)C(=O)N(CC)c1ccc(C(F)(F)F)cc1. The van der Waals surface area contributed by atoms with Gasteiger partial charge < -0.3 is 4.90 Å². The molecule has 0 bridgehead atoms. The zero-order valence-electron chi connectivity index (χ0n) is 17.7. The fourth-order valence-electron chi connectivity index (χ4n) is 2.95. The normalized spacial score (nSPS) is 12.8. The van der Waals surface area contributed by atoms with E-state index >= 15 is 0 Å². The number of carbonyl (C=O) groups is 2. The van der Waals surface area contributed by atoms with Gasteiger partial charge in [0.25, 0.3) is 10.0 Å². The summed E-state index contributed by atoms with van der Waals surface area (Å²) in [5, 5.41) is 0.809. The van der Waals surface area contributed by atoms with Crippen LogP contribution in [0.2, 0.25) is 0 Å². The minimum Gasteiger partial charge on any atom is -0.312 e. The molecule has 0 aliphatic carbocycles. The fraction of sp³-hybridized carbons (Fsp3) is 0.217. The molecule has 1 atom stereocenters. The molecule has 0 saturated carbocycles. The van der Waals surface area contributed by atoms with Gasteiger partial charge in [0, 0.05) is 12.2 Å². The number of hydrogen-bond donors (Lipinski definition) is 1. The summed E-state index contributed by atoms with van der Waals surface area (Å²) in [4.78, 5) is 26.8. The Kier molecular flexibility index (Phi) is 8.58. The summed E-state index contributed by atoms with van der Waals surface area (Å²) in [6.07, 6.45) is -2.12. The summed E-state index contributed by atoms with van der Waals surface area (Å²) in [6.45, 7) is 5.12. The number of amides is 2. The lowest BCUT2D eigenvalue weighted by Crippen LogP contribution is -2.45. The maximum absolute atomic E-state index is 13.0. The van der Waals surface area contributed by atoms with E-state index in [1.165, 1.54) is 12.2 Å². The molecule has 0 heterocycles. The first-order valence-corrected chi connectivity index (χ1v) is 11.4. The Hall–Kier alpha value is -3.40. The fourth-order valence-corrected chi connectivity index (χ4v) is 3.78. The van der Waals surface area contributed by atoms with Gasteiger partial charge in [-0.1, -0.05) is 36.4 Å². The van der Waals surface area contributed by atoms with Crippen LogP contribution >= 0.6 is 0 Å². The second kappa shape index (κ2) is 11.0. The number of sulfonamides is 1. The number of nitrogens with zero attached hydrogens (tertiary/aromatic N) is 1. The van der Waals surface area contributed by atoms with Gasteiger partial charge in [0.05, 0.1) is 11.0 Å². The summed E-state index contributed by atoms with van der Waals surface area (Å²) in [5.41, 5.74) is -0.149. The van der Waals surface area contributed by atoms with Crippen molar-refractivity contribution in [1.29, 1.82) is 0 Å². The van der Waals surface area contributed by atoms with Crippen LogP contribution in [0.25, 0.3) is 6.08 Å². The lowest BCUT2D eigenvalue weighted by molar-refractivity contribution is -0.137. The zero-order chi connectivity index (χ0) is 24.6. The van der Waals surface area contributed by atoms with E-state index in [0.717, 1.165) is 34.6 Å². The molecule has 2 aromatic carbocycles. The van der Waals surface area contributed by atoms with E-state index < -0.39 is 39.5 Å². The lowest BCUT2D eigenvalue weighted by Gasteiger charge is -2.25. The number of benzene rings is 2. The molecule has 0 aliphatic heterocycles. The van der Waals surface area contributed by atoms with Crippen LogP contribution in [-0.2, 0) is 25.8 Å². The molecule has 2 amide bonds.